The predicted octanol–water partition coefficient (Wildman–Crippen LogP) is 1.63. The molecule has 0 fully saturated rings. The van der Waals surface area contributed by atoms with Crippen LogP contribution in [0.1, 0.15) is 11.1 Å². The van der Waals surface area contributed by atoms with Gasteiger partial charge in [-0.3, -0.25) is 0 Å². The number of hydrogen-bond acceptors (Lipinski definition) is 1. The van der Waals surface area contributed by atoms with Crippen LogP contribution in [-0.4, -0.2) is 13.5 Å². The van der Waals surface area contributed by atoms with Gasteiger partial charge in [-0.1, -0.05) is 17.7 Å². The maximum atomic E-state index is 9.04. The first-order valence-corrected chi connectivity index (χ1v) is 2.96. The highest BCUT2D eigenvalue weighted by Gasteiger charge is 1.91. The van der Waals surface area contributed by atoms with E-state index in [2.05, 4.69) is 0 Å². The maximum absolute atomic E-state index is 9.04. The van der Waals surface area contributed by atoms with Gasteiger partial charge in [0.05, 0.1) is 0 Å². The van der Waals surface area contributed by atoms with Gasteiger partial charge in [-0.15, -0.1) is 0 Å². The van der Waals surface area contributed by atoms with Crippen LogP contribution in [-0.2, 0) is 0 Å². The van der Waals surface area contributed by atoms with Crippen LogP contribution >= 0.6 is 0 Å². The number of aromatic hydroxyl groups is 1. The second kappa shape index (κ2) is 3.30. The molecule has 0 aromatic heterocycles. The van der Waals surface area contributed by atoms with E-state index in [-0.39, 0.29) is 8.41 Å². The van der Waals surface area contributed by atoms with E-state index in [1.807, 2.05) is 26.0 Å². The summed E-state index contributed by atoms with van der Waals surface area (Å²) in [6.45, 7) is 3.90. The van der Waals surface area contributed by atoms with Crippen LogP contribution in [0.2, 0.25) is 0 Å². The zero-order valence-electron chi connectivity index (χ0n) is 6.26. The summed E-state index contributed by atoms with van der Waals surface area (Å²) in [5.41, 5.74) is 2.13. The van der Waals surface area contributed by atoms with E-state index in [4.69, 9.17) is 5.11 Å². The zero-order valence-corrected chi connectivity index (χ0v) is 6.26. The van der Waals surface area contributed by atoms with Crippen LogP contribution in [0.4, 0.5) is 0 Å². The van der Waals surface area contributed by atoms with Crippen LogP contribution in [0.15, 0.2) is 18.2 Å². The molecule has 2 heteroatoms. The van der Waals surface area contributed by atoms with Crippen molar-refractivity contribution in [3.8, 4) is 5.75 Å². The molecular formula is C8H10BO. The first-order valence-electron chi connectivity index (χ1n) is 2.96. The monoisotopic (exact) mass is 133 g/mol. The SMILES string of the molecule is Cc1ccc(O)c(C)c1.[B]. The fourth-order valence-corrected chi connectivity index (χ4v) is 0.805. The molecule has 0 atom stereocenters. The lowest BCUT2D eigenvalue weighted by atomic mass is 10.1. The minimum absolute atomic E-state index is 0. The molecule has 0 aliphatic rings. The Hall–Kier alpha value is -0.915. The Bertz CT molecular complexity index is 220. The summed E-state index contributed by atoms with van der Waals surface area (Å²) in [5.74, 6) is 0.376. The summed E-state index contributed by atoms with van der Waals surface area (Å²) in [7, 11) is 0. The van der Waals surface area contributed by atoms with Crippen molar-refractivity contribution in [3.05, 3.63) is 29.3 Å². The van der Waals surface area contributed by atoms with Crippen molar-refractivity contribution in [1.29, 1.82) is 0 Å². The lowest BCUT2D eigenvalue weighted by molar-refractivity contribution is 0.471. The summed E-state index contributed by atoms with van der Waals surface area (Å²) < 4.78 is 0. The Morgan fingerprint density at radius 3 is 2.20 bits per heavy atom. The largest absolute Gasteiger partial charge is 0.508 e. The fraction of sp³-hybridized carbons (Fsp3) is 0.250. The van der Waals surface area contributed by atoms with E-state index in [1.165, 1.54) is 5.56 Å². The molecule has 1 aromatic rings. The molecule has 3 radical (unpaired) electrons. The van der Waals surface area contributed by atoms with Gasteiger partial charge in [-0.2, -0.15) is 0 Å². The maximum Gasteiger partial charge on any atom is 0.118 e. The van der Waals surface area contributed by atoms with Crippen molar-refractivity contribution >= 4 is 8.41 Å². The van der Waals surface area contributed by atoms with Gasteiger partial charge in [0, 0.05) is 8.41 Å². The second-order valence-electron chi connectivity index (χ2n) is 2.29. The standard InChI is InChI=1S/C8H10O.B/c1-6-3-4-8(9)7(2)5-6;/h3-5,9H,1-2H3;. The molecule has 1 nitrogen and oxygen atoms in total. The second-order valence-corrected chi connectivity index (χ2v) is 2.29. The molecule has 1 rings (SSSR count). The van der Waals surface area contributed by atoms with E-state index in [0.29, 0.717) is 5.75 Å². The fourth-order valence-electron chi connectivity index (χ4n) is 0.805. The number of phenols is 1. The van der Waals surface area contributed by atoms with Crippen LogP contribution in [0.5, 0.6) is 5.75 Å². The molecule has 10 heavy (non-hydrogen) atoms. The predicted molar refractivity (Wildman–Crippen MR) is 43.3 cm³/mol. The highest BCUT2D eigenvalue weighted by Crippen LogP contribution is 2.15. The normalized spacial score (nSPS) is 8.60. The lowest BCUT2D eigenvalue weighted by Gasteiger charge is -1.97. The first kappa shape index (κ1) is 9.08. The molecule has 1 aromatic carbocycles. The van der Waals surface area contributed by atoms with Crippen LogP contribution < -0.4 is 0 Å². The van der Waals surface area contributed by atoms with Crippen LogP contribution in [0.25, 0.3) is 0 Å². The Kier molecular flexibility index (Phi) is 3.00. The van der Waals surface area contributed by atoms with Crippen molar-refractivity contribution in [2.45, 2.75) is 13.8 Å². The molecule has 51 valence electrons. The number of hydrogen-bond donors (Lipinski definition) is 1. The van der Waals surface area contributed by atoms with E-state index in [1.54, 1.807) is 6.07 Å². The zero-order chi connectivity index (χ0) is 6.85. The molecular weight excluding hydrogens is 123 g/mol. The van der Waals surface area contributed by atoms with Gasteiger partial charge in [0.15, 0.2) is 0 Å². The lowest BCUT2D eigenvalue weighted by Crippen LogP contribution is -1.75. The van der Waals surface area contributed by atoms with Gasteiger partial charge < -0.3 is 5.11 Å². The van der Waals surface area contributed by atoms with Crippen molar-refractivity contribution in [3.63, 3.8) is 0 Å². The minimum atomic E-state index is 0. The average molecular weight is 133 g/mol. The van der Waals surface area contributed by atoms with Crippen LogP contribution in [0, 0.1) is 13.8 Å². The molecule has 0 saturated carbocycles. The van der Waals surface area contributed by atoms with Gasteiger partial charge in [-0.25, -0.2) is 0 Å². The Balaban J connectivity index is 0.000000810. The third-order valence-corrected chi connectivity index (χ3v) is 1.35. The topological polar surface area (TPSA) is 20.2 Å². The van der Waals surface area contributed by atoms with Gasteiger partial charge >= 0.3 is 0 Å². The summed E-state index contributed by atoms with van der Waals surface area (Å²) in [6.07, 6.45) is 0. The van der Waals surface area contributed by atoms with Crippen molar-refractivity contribution in [1.82, 2.24) is 0 Å². The summed E-state index contributed by atoms with van der Waals surface area (Å²) in [6, 6.07) is 5.56. The van der Waals surface area contributed by atoms with E-state index >= 15 is 0 Å². The molecule has 0 unspecified atom stereocenters. The number of phenolic OH excluding ortho intramolecular Hbond substituents is 1. The molecule has 1 N–H and O–H groups in total. The third-order valence-electron chi connectivity index (χ3n) is 1.35. The summed E-state index contributed by atoms with van der Waals surface area (Å²) in [4.78, 5) is 0. The summed E-state index contributed by atoms with van der Waals surface area (Å²) in [5, 5.41) is 9.04. The molecule has 0 saturated heterocycles. The molecule has 0 aliphatic heterocycles. The Labute approximate surface area is 63.3 Å². The van der Waals surface area contributed by atoms with Crippen molar-refractivity contribution in [2.24, 2.45) is 0 Å². The van der Waals surface area contributed by atoms with E-state index < -0.39 is 0 Å². The van der Waals surface area contributed by atoms with Gasteiger partial charge in [-0.05, 0) is 25.5 Å². The average Bonchev–Trinajstić information content (AvgIpc) is 1.80. The van der Waals surface area contributed by atoms with E-state index in [9.17, 15) is 0 Å². The number of aryl methyl sites for hydroxylation is 2. The van der Waals surface area contributed by atoms with Gasteiger partial charge in [0.2, 0.25) is 0 Å². The van der Waals surface area contributed by atoms with Crippen molar-refractivity contribution < 1.29 is 5.11 Å². The molecule has 0 aliphatic carbocycles. The van der Waals surface area contributed by atoms with Crippen LogP contribution in [0.3, 0.4) is 0 Å². The first-order chi connectivity index (χ1) is 4.20. The molecule has 0 heterocycles. The van der Waals surface area contributed by atoms with Gasteiger partial charge in [0.1, 0.15) is 5.75 Å². The molecule has 0 spiro atoms. The highest BCUT2D eigenvalue weighted by atomic mass is 16.3. The smallest absolute Gasteiger partial charge is 0.118 e. The third kappa shape index (κ3) is 1.80. The molecule has 0 amide bonds. The van der Waals surface area contributed by atoms with Gasteiger partial charge in [0.25, 0.3) is 0 Å². The minimum Gasteiger partial charge on any atom is -0.508 e. The molecule has 0 bridgehead atoms. The quantitative estimate of drug-likeness (QED) is 0.533. The summed E-state index contributed by atoms with van der Waals surface area (Å²) >= 11 is 0. The Morgan fingerprint density at radius 1 is 1.20 bits per heavy atom. The van der Waals surface area contributed by atoms with Crippen molar-refractivity contribution in [2.75, 3.05) is 0 Å². The number of rotatable bonds is 0. The highest BCUT2D eigenvalue weighted by molar-refractivity contribution is 5.75. The Morgan fingerprint density at radius 2 is 1.80 bits per heavy atom. The van der Waals surface area contributed by atoms with E-state index in [0.717, 1.165) is 5.56 Å². The number of benzene rings is 1.